The van der Waals surface area contributed by atoms with Crippen LogP contribution in [0.25, 0.3) is 16.1 Å². The highest BCUT2D eigenvalue weighted by molar-refractivity contribution is 7.95. The van der Waals surface area contributed by atoms with Crippen LogP contribution in [0.5, 0.6) is 0 Å². The van der Waals surface area contributed by atoms with Gasteiger partial charge in [0, 0.05) is 16.9 Å². The number of methoxy groups -OCH3 is 1. The van der Waals surface area contributed by atoms with E-state index in [0.717, 1.165) is 62.8 Å². The molecule has 0 bridgehead atoms. The average Bonchev–Trinajstić information content (AvgIpc) is 3.65. The van der Waals surface area contributed by atoms with Gasteiger partial charge in [-0.15, -0.1) is 11.3 Å². The van der Waals surface area contributed by atoms with E-state index >= 15 is 0 Å². The van der Waals surface area contributed by atoms with Crippen molar-refractivity contribution >= 4 is 46.1 Å². The number of carbonyl (C=O) groups is 1. The molecule has 0 fully saturated rings. The number of ether oxygens (including phenoxy) is 1. The van der Waals surface area contributed by atoms with Crippen LogP contribution in [0, 0.1) is 6.92 Å². The van der Waals surface area contributed by atoms with Gasteiger partial charge < -0.3 is 21.7 Å². The van der Waals surface area contributed by atoms with E-state index in [0.29, 0.717) is 18.4 Å². The van der Waals surface area contributed by atoms with Crippen LogP contribution in [0.2, 0.25) is 0 Å². The monoisotopic (exact) mass is 857 g/mol. The molecule has 56 heavy (non-hydrogen) atoms. The molecule has 0 aliphatic rings. The number of halogens is 4. The topological polar surface area (TPSA) is 39.2 Å². The molecule has 0 saturated heterocycles. The first-order valence-corrected chi connectivity index (χ1v) is 21.4. The minimum absolute atomic E-state index is 0. The summed E-state index contributed by atoms with van der Waals surface area (Å²) < 4.78 is 43.4. The van der Waals surface area contributed by atoms with Gasteiger partial charge in [-0.05, 0) is 103 Å². The van der Waals surface area contributed by atoms with Crippen LogP contribution in [0.15, 0.2) is 140 Å². The first-order valence-electron chi connectivity index (χ1n) is 18.4. The molecule has 0 saturated carbocycles. The van der Waals surface area contributed by atoms with E-state index in [-0.39, 0.29) is 28.9 Å². The van der Waals surface area contributed by atoms with E-state index in [1.807, 2.05) is 19.1 Å². The van der Waals surface area contributed by atoms with Gasteiger partial charge in [-0.1, -0.05) is 105 Å². The molecule has 292 valence electrons. The van der Waals surface area contributed by atoms with Crippen molar-refractivity contribution in [3.8, 4) is 10.6 Å². The largest absolute Gasteiger partial charge is 1.00 e. The summed E-state index contributed by atoms with van der Waals surface area (Å²) >= 11 is 1.53. The van der Waals surface area contributed by atoms with E-state index in [9.17, 15) is 18.0 Å². The molecule has 6 rings (SSSR count). The number of alkyl halides is 3. The lowest BCUT2D eigenvalue weighted by Crippen LogP contribution is -3.00. The maximum atomic E-state index is 12.9. The summed E-state index contributed by atoms with van der Waals surface area (Å²) in [4.78, 5) is 17.3. The zero-order valence-electron chi connectivity index (χ0n) is 32.4. The lowest BCUT2D eigenvalue weighted by Gasteiger charge is -2.22. The van der Waals surface area contributed by atoms with Crippen LogP contribution in [-0.2, 0) is 28.5 Å². The molecule has 5 aromatic carbocycles. The second kappa shape index (κ2) is 20.2. The molecule has 6 aromatic rings. The predicted octanol–water partition coefficient (Wildman–Crippen LogP) is 8.63. The van der Waals surface area contributed by atoms with Gasteiger partial charge in [0.1, 0.15) is 28.2 Å². The molecule has 0 atom stereocenters. The minimum Gasteiger partial charge on any atom is -1.00 e. The van der Waals surface area contributed by atoms with Gasteiger partial charge in [-0.25, -0.2) is 4.98 Å². The van der Waals surface area contributed by atoms with Gasteiger partial charge in [0.05, 0.1) is 25.0 Å². The van der Waals surface area contributed by atoms with Crippen molar-refractivity contribution in [3.05, 3.63) is 173 Å². The number of rotatable bonds is 12. The SMILES string of the molecule is C=C(CCc1sc(-c2ccc(C(F)(F)F)cc2)nc1C(C)C)c1ccc(CCC(=O)OC)c(C)c1.C[P+](c1ccccc1)(c1ccccc1)c1ccccc1.[Br-]. The standard InChI is InChI=1S/C28H30F3NO2S.C19H18P.BrH/c1-17(2)26-24(35-27(32-26)21-9-12-23(13-10-21)28(29,30)31)14-6-18(3)22-8-7-20(19(4)16-22)11-15-25(33)34-5;1-20(17-11-5-2-6-12-17,18-13-7-3-8-14-18)19-15-9-4-10-16-19;/h7-10,12-13,16-17H,3,6,11,14-15H2,1-2,4-5H3;2-16H,1H3;1H/q;+1;/p-1. The Bertz CT molecular complexity index is 2070. The normalized spacial score (nSPS) is 11.3. The number of hydrogen-bond acceptors (Lipinski definition) is 4. The summed E-state index contributed by atoms with van der Waals surface area (Å²) in [5, 5.41) is 5.01. The van der Waals surface area contributed by atoms with Crippen LogP contribution in [0.4, 0.5) is 13.2 Å². The maximum Gasteiger partial charge on any atom is 0.416 e. The molecule has 0 spiro atoms. The van der Waals surface area contributed by atoms with Crippen LogP contribution in [0.3, 0.4) is 0 Å². The van der Waals surface area contributed by atoms with Crippen LogP contribution >= 0.6 is 18.6 Å². The van der Waals surface area contributed by atoms with E-state index in [4.69, 9.17) is 9.72 Å². The fourth-order valence-corrected chi connectivity index (χ4v) is 10.9. The van der Waals surface area contributed by atoms with Gasteiger partial charge in [0.25, 0.3) is 0 Å². The van der Waals surface area contributed by atoms with Crippen molar-refractivity contribution in [3.63, 3.8) is 0 Å². The lowest BCUT2D eigenvalue weighted by atomic mass is 9.95. The highest BCUT2D eigenvalue weighted by Crippen LogP contribution is 2.51. The Morgan fingerprint density at radius 1 is 0.786 bits per heavy atom. The molecule has 0 N–H and O–H groups in total. The zero-order valence-corrected chi connectivity index (χ0v) is 35.7. The van der Waals surface area contributed by atoms with Gasteiger partial charge in [0.2, 0.25) is 0 Å². The zero-order chi connectivity index (χ0) is 39.6. The molecule has 0 aliphatic heterocycles. The summed E-state index contributed by atoms with van der Waals surface area (Å²) in [5.41, 5.74) is 5.29. The van der Waals surface area contributed by atoms with Crippen LogP contribution in [-0.4, -0.2) is 24.7 Å². The fourth-order valence-electron chi connectivity index (χ4n) is 6.49. The number of carbonyl (C=O) groups excluding carboxylic acids is 1. The third kappa shape index (κ3) is 11.1. The Morgan fingerprint density at radius 3 is 1.75 bits per heavy atom. The second-order valence-corrected chi connectivity index (χ2v) is 18.5. The number of nitrogens with zero attached hydrogens (tertiary/aromatic N) is 1. The first kappa shape index (κ1) is 44.4. The predicted molar refractivity (Wildman–Crippen MR) is 227 cm³/mol. The molecule has 9 heteroatoms. The summed E-state index contributed by atoms with van der Waals surface area (Å²) in [6, 6.07) is 44.0. The van der Waals surface area contributed by atoms with Crippen molar-refractivity contribution < 1.29 is 39.7 Å². The average molecular weight is 859 g/mol. The van der Waals surface area contributed by atoms with Crippen molar-refractivity contribution in [2.75, 3.05) is 13.8 Å². The van der Waals surface area contributed by atoms with E-state index in [2.05, 4.69) is 124 Å². The van der Waals surface area contributed by atoms with Crippen LogP contribution < -0.4 is 32.9 Å². The number of aromatic nitrogens is 1. The number of aryl methyl sites for hydroxylation is 3. The maximum absolute atomic E-state index is 12.9. The Labute approximate surface area is 344 Å². The molecular weight excluding hydrogens is 810 g/mol. The molecule has 0 radical (unpaired) electrons. The molecular formula is C47H48BrF3NO2PS. The van der Waals surface area contributed by atoms with Gasteiger partial charge in [-0.3, -0.25) is 4.79 Å². The Hall–Kier alpha value is -4.36. The smallest absolute Gasteiger partial charge is 0.416 e. The minimum atomic E-state index is -4.35. The highest BCUT2D eigenvalue weighted by atomic mass is 79.9. The number of thiazole rings is 1. The summed E-state index contributed by atoms with van der Waals surface area (Å²) in [7, 11) is -0.135. The summed E-state index contributed by atoms with van der Waals surface area (Å²) in [6.45, 7) is 12.9. The lowest BCUT2D eigenvalue weighted by molar-refractivity contribution is -0.140. The molecule has 1 aromatic heterocycles. The quantitative estimate of drug-likeness (QED) is 0.0915. The highest BCUT2D eigenvalue weighted by Gasteiger charge is 2.39. The van der Waals surface area contributed by atoms with Crippen molar-refractivity contribution in [2.24, 2.45) is 0 Å². The Morgan fingerprint density at radius 2 is 1.30 bits per heavy atom. The van der Waals surface area contributed by atoms with Crippen molar-refractivity contribution in [2.45, 2.75) is 58.5 Å². The summed E-state index contributed by atoms with van der Waals surface area (Å²) in [5.74, 6) is -0.0203. The summed E-state index contributed by atoms with van der Waals surface area (Å²) in [6.07, 6.45) is -1.87. The van der Waals surface area contributed by atoms with E-state index in [1.54, 1.807) is 0 Å². The van der Waals surface area contributed by atoms with Gasteiger partial charge >= 0.3 is 12.1 Å². The molecule has 1 heterocycles. The third-order valence-corrected chi connectivity index (χ3v) is 15.0. The Kier molecular flexibility index (Phi) is 16.0. The number of allylic oxidation sites excluding steroid dienone is 1. The van der Waals surface area contributed by atoms with Crippen molar-refractivity contribution in [1.82, 2.24) is 4.98 Å². The fraction of sp³-hybridized carbons (Fsp3) is 0.234. The molecule has 3 nitrogen and oxygen atoms in total. The van der Waals surface area contributed by atoms with Gasteiger partial charge in [0.15, 0.2) is 0 Å². The Balaban J connectivity index is 0.000000280. The molecule has 0 amide bonds. The molecule has 0 aliphatic carbocycles. The third-order valence-electron chi connectivity index (χ3n) is 9.78. The van der Waals surface area contributed by atoms with E-state index in [1.165, 1.54) is 46.5 Å². The second-order valence-electron chi connectivity index (χ2n) is 13.9. The van der Waals surface area contributed by atoms with Crippen molar-refractivity contribution in [1.29, 1.82) is 0 Å². The molecule has 0 unspecified atom stereocenters. The number of esters is 1. The van der Waals surface area contributed by atoms with Gasteiger partial charge in [-0.2, -0.15) is 13.2 Å². The number of benzene rings is 5. The van der Waals surface area contributed by atoms with E-state index < -0.39 is 19.0 Å². The number of hydrogen-bond donors (Lipinski definition) is 0. The van der Waals surface area contributed by atoms with Crippen LogP contribution in [0.1, 0.15) is 65.4 Å². The first-order chi connectivity index (χ1) is 26.3.